The van der Waals surface area contributed by atoms with Gasteiger partial charge in [0.05, 0.1) is 39.6 Å². The summed E-state index contributed by atoms with van der Waals surface area (Å²) in [4.78, 5) is 0. The van der Waals surface area contributed by atoms with Gasteiger partial charge in [0, 0.05) is 0 Å². The molecule has 6 heteroatoms. The molecule has 0 aliphatic carbocycles. The Morgan fingerprint density at radius 1 is 0.463 bits per heavy atom. The largest absolute Gasteiger partial charge is 0.394 e. The molecule has 1 aliphatic heterocycles. The average Bonchev–Trinajstić information content (AvgIpc) is 3.04. The molecule has 0 aromatic heterocycles. The highest BCUT2D eigenvalue weighted by atomic mass is 16.6. The number of aliphatic hydroxyl groups is 1. The van der Waals surface area contributed by atoms with Gasteiger partial charge in [-0.25, -0.2) is 0 Å². The molecule has 5 rings (SSSR count). The summed E-state index contributed by atoms with van der Waals surface area (Å²) in [6.45, 7) is 1.62. The van der Waals surface area contributed by atoms with E-state index in [2.05, 4.69) is 0 Å². The first kappa shape index (κ1) is 29.1. The van der Waals surface area contributed by atoms with Gasteiger partial charge in [-0.1, -0.05) is 121 Å². The summed E-state index contributed by atoms with van der Waals surface area (Å²) in [5.74, 6) is 0. The van der Waals surface area contributed by atoms with E-state index in [1.54, 1.807) is 0 Å². The molecule has 1 saturated heterocycles. The summed E-state index contributed by atoms with van der Waals surface area (Å²) in [5, 5.41) is 10.4. The standard InChI is InChI=1S/C35H38O6/c36-21-31-33(38-23-28-15-7-2-8-16-28)35(40-25-30-19-11-4-12-20-30)34(39-24-29-17-9-3-10-18-29)32(41-31)26-37-22-27-13-5-1-6-14-27/h1-20,31-36H,21-26H2/t31-,32-,33+,34-,35+/m1/s1. The minimum Gasteiger partial charge on any atom is -0.394 e. The van der Waals surface area contributed by atoms with Crippen LogP contribution in [0, 0.1) is 0 Å². The fourth-order valence-corrected chi connectivity index (χ4v) is 5.03. The molecule has 4 aromatic carbocycles. The van der Waals surface area contributed by atoms with Crippen molar-refractivity contribution in [3.8, 4) is 0 Å². The van der Waals surface area contributed by atoms with Crippen molar-refractivity contribution >= 4 is 0 Å². The van der Waals surface area contributed by atoms with Gasteiger partial charge in [-0.05, 0) is 22.3 Å². The smallest absolute Gasteiger partial charge is 0.115 e. The fraction of sp³-hybridized carbons (Fsp3) is 0.314. The molecule has 0 saturated carbocycles. The van der Waals surface area contributed by atoms with Gasteiger partial charge in [0.25, 0.3) is 0 Å². The van der Waals surface area contributed by atoms with Gasteiger partial charge in [0.1, 0.15) is 30.5 Å². The normalized spacial score (nSPS) is 22.4. The number of hydrogen-bond acceptors (Lipinski definition) is 6. The lowest BCUT2D eigenvalue weighted by Crippen LogP contribution is -2.62. The van der Waals surface area contributed by atoms with Crippen molar-refractivity contribution in [3.05, 3.63) is 144 Å². The molecule has 4 aromatic rings. The Kier molecular flexibility index (Phi) is 11.1. The molecular weight excluding hydrogens is 516 g/mol. The first-order valence-electron chi connectivity index (χ1n) is 14.1. The Bertz CT molecular complexity index is 1260. The van der Waals surface area contributed by atoms with Crippen LogP contribution in [0.1, 0.15) is 22.3 Å². The van der Waals surface area contributed by atoms with E-state index < -0.39 is 30.5 Å². The summed E-state index contributed by atoms with van der Waals surface area (Å²) >= 11 is 0. The van der Waals surface area contributed by atoms with Gasteiger partial charge < -0.3 is 28.8 Å². The molecule has 5 atom stereocenters. The van der Waals surface area contributed by atoms with Crippen LogP contribution in [-0.4, -0.2) is 48.8 Å². The maximum Gasteiger partial charge on any atom is 0.115 e. The van der Waals surface area contributed by atoms with Crippen molar-refractivity contribution in [1.82, 2.24) is 0 Å². The second-order valence-electron chi connectivity index (χ2n) is 10.2. The molecule has 1 heterocycles. The molecule has 0 unspecified atom stereocenters. The van der Waals surface area contributed by atoms with Crippen LogP contribution in [0.2, 0.25) is 0 Å². The van der Waals surface area contributed by atoms with Crippen LogP contribution in [0.25, 0.3) is 0 Å². The van der Waals surface area contributed by atoms with Gasteiger partial charge >= 0.3 is 0 Å². The summed E-state index contributed by atoms with van der Waals surface area (Å²) in [5.41, 5.74) is 4.19. The van der Waals surface area contributed by atoms with Crippen LogP contribution < -0.4 is 0 Å². The minimum atomic E-state index is -0.610. The van der Waals surface area contributed by atoms with Crippen LogP contribution in [0.15, 0.2) is 121 Å². The van der Waals surface area contributed by atoms with E-state index in [-0.39, 0.29) is 13.2 Å². The number of benzene rings is 4. The summed E-state index contributed by atoms with van der Waals surface area (Å²) < 4.78 is 32.2. The number of hydrogen-bond donors (Lipinski definition) is 1. The van der Waals surface area contributed by atoms with Gasteiger partial charge in [-0.2, -0.15) is 0 Å². The first-order chi connectivity index (χ1) is 20.3. The molecule has 1 aliphatic rings. The third-order valence-corrected chi connectivity index (χ3v) is 7.16. The van der Waals surface area contributed by atoms with E-state index in [1.165, 1.54) is 0 Å². The topological polar surface area (TPSA) is 66.4 Å². The van der Waals surface area contributed by atoms with Crippen molar-refractivity contribution < 1.29 is 28.8 Å². The monoisotopic (exact) mass is 554 g/mol. The lowest BCUT2D eigenvalue weighted by atomic mass is 9.94. The van der Waals surface area contributed by atoms with Crippen LogP contribution in [0.5, 0.6) is 0 Å². The van der Waals surface area contributed by atoms with Crippen molar-refractivity contribution in [1.29, 1.82) is 0 Å². The first-order valence-corrected chi connectivity index (χ1v) is 14.1. The van der Waals surface area contributed by atoms with Gasteiger partial charge in [0.15, 0.2) is 0 Å². The zero-order valence-corrected chi connectivity index (χ0v) is 23.2. The zero-order valence-electron chi connectivity index (χ0n) is 23.2. The Labute approximate surface area is 242 Å². The predicted molar refractivity (Wildman–Crippen MR) is 157 cm³/mol. The van der Waals surface area contributed by atoms with Crippen molar-refractivity contribution in [2.45, 2.75) is 56.9 Å². The van der Waals surface area contributed by atoms with E-state index in [9.17, 15) is 5.11 Å². The molecule has 0 bridgehead atoms. The van der Waals surface area contributed by atoms with E-state index >= 15 is 0 Å². The molecule has 0 radical (unpaired) electrons. The molecule has 0 amide bonds. The highest BCUT2D eigenvalue weighted by molar-refractivity contribution is 5.16. The van der Waals surface area contributed by atoms with Crippen molar-refractivity contribution in [2.75, 3.05) is 13.2 Å². The van der Waals surface area contributed by atoms with Crippen molar-refractivity contribution in [3.63, 3.8) is 0 Å². The SMILES string of the molecule is OC[C@H]1O[C@H](COCc2ccccc2)[C@@H](OCc2ccccc2)[C@@H](OCc2ccccc2)[C@H]1OCc1ccccc1. The van der Waals surface area contributed by atoms with E-state index in [4.69, 9.17) is 23.7 Å². The highest BCUT2D eigenvalue weighted by Gasteiger charge is 2.48. The zero-order chi connectivity index (χ0) is 28.1. The van der Waals surface area contributed by atoms with E-state index in [0.29, 0.717) is 26.4 Å². The summed E-state index contributed by atoms with van der Waals surface area (Å²) in [6.07, 6.45) is -2.66. The quantitative estimate of drug-likeness (QED) is 0.215. The van der Waals surface area contributed by atoms with Gasteiger partial charge in [-0.3, -0.25) is 0 Å². The lowest BCUT2D eigenvalue weighted by molar-refractivity contribution is -0.277. The maximum atomic E-state index is 10.4. The Balaban J connectivity index is 1.38. The number of ether oxygens (including phenoxy) is 5. The number of aliphatic hydroxyl groups excluding tert-OH is 1. The second kappa shape index (κ2) is 15.6. The molecule has 6 nitrogen and oxygen atoms in total. The fourth-order valence-electron chi connectivity index (χ4n) is 5.03. The molecule has 214 valence electrons. The molecular formula is C35H38O6. The Morgan fingerprint density at radius 2 is 0.829 bits per heavy atom. The third kappa shape index (κ3) is 8.57. The van der Waals surface area contributed by atoms with Crippen molar-refractivity contribution in [2.24, 2.45) is 0 Å². The second-order valence-corrected chi connectivity index (χ2v) is 10.2. The van der Waals surface area contributed by atoms with Gasteiger partial charge in [-0.15, -0.1) is 0 Å². The average molecular weight is 555 g/mol. The Hall–Kier alpha value is -3.36. The van der Waals surface area contributed by atoms with Crippen LogP contribution in [-0.2, 0) is 50.1 Å². The van der Waals surface area contributed by atoms with E-state index in [0.717, 1.165) is 22.3 Å². The number of rotatable bonds is 14. The highest BCUT2D eigenvalue weighted by Crippen LogP contribution is 2.31. The van der Waals surface area contributed by atoms with Crippen LogP contribution >= 0.6 is 0 Å². The molecule has 0 spiro atoms. The molecule has 1 N–H and O–H groups in total. The lowest BCUT2D eigenvalue weighted by Gasteiger charge is -2.46. The minimum absolute atomic E-state index is 0.217. The van der Waals surface area contributed by atoms with E-state index in [1.807, 2.05) is 121 Å². The maximum absolute atomic E-state index is 10.4. The summed E-state index contributed by atoms with van der Waals surface area (Å²) in [6, 6.07) is 40.1. The van der Waals surface area contributed by atoms with Gasteiger partial charge in [0.2, 0.25) is 0 Å². The summed E-state index contributed by atoms with van der Waals surface area (Å²) in [7, 11) is 0. The van der Waals surface area contributed by atoms with Crippen LogP contribution in [0.3, 0.4) is 0 Å². The molecule has 1 fully saturated rings. The third-order valence-electron chi connectivity index (χ3n) is 7.16. The Morgan fingerprint density at radius 3 is 1.24 bits per heavy atom. The molecule has 41 heavy (non-hydrogen) atoms. The predicted octanol–water partition coefficient (Wildman–Crippen LogP) is 5.72. The van der Waals surface area contributed by atoms with Crippen LogP contribution in [0.4, 0.5) is 0 Å².